The lowest BCUT2D eigenvalue weighted by Crippen LogP contribution is -2.51. The number of rotatable bonds is 6. The van der Waals surface area contributed by atoms with Crippen LogP contribution in [0.2, 0.25) is 0 Å². The van der Waals surface area contributed by atoms with Gasteiger partial charge in [-0.25, -0.2) is 4.79 Å². The normalized spacial score (nSPS) is 17.2. The molecule has 8 nitrogen and oxygen atoms in total. The number of nitrogens with zero attached hydrogens (tertiary/aromatic N) is 2. The van der Waals surface area contributed by atoms with Crippen molar-refractivity contribution in [1.29, 1.82) is 5.26 Å². The van der Waals surface area contributed by atoms with Gasteiger partial charge in [0.15, 0.2) is 0 Å². The molecule has 1 saturated heterocycles. The number of esters is 1. The van der Waals surface area contributed by atoms with Gasteiger partial charge in [0.25, 0.3) is 0 Å². The molecule has 0 aliphatic carbocycles. The summed E-state index contributed by atoms with van der Waals surface area (Å²) in [6.07, 6.45) is 0.112. The number of benzene rings is 1. The number of hydrogen-bond donors (Lipinski definition) is 1. The van der Waals surface area contributed by atoms with Gasteiger partial charge in [-0.05, 0) is 39.2 Å². The van der Waals surface area contributed by atoms with Gasteiger partial charge in [0.05, 0.1) is 12.5 Å². The molecule has 2 atom stereocenters. The maximum absolute atomic E-state index is 12.9. The first-order chi connectivity index (χ1) is 13.7. The number of likely N-dealkylation sites (tertiary alicyclic amines) is 1. The molecule has 1 heterocycles. The molecule has 1 aliphatic heterocycles. The van der Waals surface area contributed by atoms with Gasteiger partial charge >= 0.3 is 12.1 Å². The molecule has 2 amide bonds. The van der Waals surface area contributed by atoms with Crippen molar-refractivity contribution < 1.29 is 23.9 Å². The molecule has 1 aromatic rings. The zero-order chi connectivity index (χ0) is 21.4. The van der Waals surface area contributed by atoms with Gasteiger partial charge in [0, 0.05) is 6.54 Å². The van der Waals surface area contributed by atoms with Crippen LogP contribution >= 0.6 is 0 Å². The number of nitriles is 1. The van der Waals surface area contributed by atoms with Crippen LogP contribution < -0.4 is 5.32 Å². The number of hydrogen-bond acceptors (Lipinski definition) is 6. The summed E-state index contributed by atoms with van der Waals surface area (Å²) in [6, 6.07) is 9.50. The van der Waals surface area contributed by atoms with E-state index in [1.54, 1.807) is 20.8 Å². The predicted octanol–water partition coefficient (Wildman–Crippen LogP) is 2.53. The lowest BCUT2D eigenvalue weighted by Gasteiger charge is -2.27. The molecule has 0 radical (unpaired) electrons. The number of alkyl carbamates (subject to hydrolysis) is 1. The van der Waals surface area contributed by atoms with Crippen LogP contribution in [0.15, 0.2) is 30.3 Å². The van der Waals surface area contributed by atoms with Crippen LogP contribution in [0.1, 0.15) is 45.6 Å². The molecular formula is C21H27N3O5. The minimum absolute atomic E-state index is 0.0670. The summed E-state index contributed by atoms with van der Waals surface area (Å²) in [5.41, 5.74) is 0.0573. The SMILES string of the molecule is CC(C)(C)OC(=O)NC(CC(=O)OCc1ccccc1)C(=O)N1CCC[C@H]1C#N. The van der Waals surface area contributed by atoms with Gasteiger partial charge in [-0.3, -0.25) is 9.59 Å². The fourth-order valence-electron chi connectivity index (χ4n) is 2.98. The Bertz CT molecular complexity index is 767. The van der Waals surface area contributed by atoms with Crippen LogP contribution in [-0.4, -0.2) is 47.1 Å². The molecule has 156 valence electrons. The molecule has 8 heteroatoms. The van der Waals surface area contributed by atoms with Crippen molar-refractivity contribution in [1.82, 2.24) is 10.2 Å². The number of amides is 2. The largest absolute Gasteiger partial charge is 0.461 e. The van der Waals surface area contributed by atoms with Crippen molar-refractivity contribution >= 4 is 18.0 Å². The fraction of sp³-hybridized carbons (Fsp3) is 0.524. The van der Waals surface area contributed by atoms with Crippen molar-refractivity contribution in [2.45, 2.75) is 64.3 Å². The Morgan fingerprint density at radius 1 is 1.28 bits per heavy atom. The van der Waals surface area contributed by atoms with E-state index in [2.05, 4.69) is 11.4 Å². The van der Waals surface area contributed by atoms with Crippen LogP contribution in [0.3, 0.4) is 0 Å². The summed E-state index contributed by atoms with van der Waals surface area (Å²) in [5.74, 6) is -1.12. The van der Waals surface area contributed by atoms with Crippen LogP contribution in [0, 0.1) is 11.3 Å². The molecule has 1 fully saturated rings. The highest BCUT2D eigenvalue weighted by atomic mass is 16.6. The van der Waals surface area contributed by atoms with Gasteiger partial charge in [-0.15, -0.1) is 0 Å². The van der Waals surface area contributed by atoms with Crippen LogP contribution in [0.5, 0.6) is 0 Å². The van der Waals surface area contributed by atoms with Crippen molar-refractivity contribution in [3.05, 3.63) is 35.9 Å². The van der Waals surface area contributed by atoms with E-state index in [0.717, 1.165) is 5.56 Å². The van der Waals surface area contributed by atoms with Crippen molar-refractivity contribution in [3.8, 4) is 6.07 Å². The summed E-state index contributed by atoms with van der Waals surface area (Å²) < 4.78 is 10.4. The highest BCUT2D eigenvalue weighted by molar-refractivity contribution is 5.90. The molecule has 29 heavy (non-hydrogen) atoms. The third kappa shape index (κ3) is 7.11. The molecule has 1 aromatic carbocycles. The minimum atomic E-state index is -1.16. The second kappa shape index (κ2) is 9.92. The third-order valence-corrected chi connectivity index (χ3v) is 4.29. The Labute approximate surface area is 170 Å². The molecule has 2 rings (SSSR count). The lowest BCUT2D eigenvalue weighted by atomic mass is 10.1. The van der Waals surface area contributed by atoms with E-state index in [1.165, 1.54) is 4.90 Å². The topological polar surface area (TPSA) is 109 Å². The van der Waals surface area contributed by atoms with Crippen LogP contribution in [0.25, 0.3) is 0 Å². The highest BCUT2D eigenvalue weighted by Crippen LogP contribution is 2.19. The molecule has 0 saturated carbocycles. The predicted molar refractivity (Wildman–Crippen MR) is 104 cm³/mol. The van der Waals surface area contributed by atoms with Crippen LogP contribution in [0.4, 0.5) is 4.79 Å². The standard InChI is InChI=1S/C21H27N3O5/c1-21(2,3)29-20(27)23-17(19(26)24-11-7-10-16(24)13-22)12-18(25)28-14-15-8-5-4-6-9-15/h4-6,8-9,16-17H,7,10-12,14H2,1-3H3,(H,23,27)/t16-,17?/m0/s1. The monoisotopic (exact) mass is 401 g/mol. The molecule has 1 N–H and O–H groups in total. The summed E-state index contributed by atoms with van der Waals surface area (Å²) in [7, 11) is 0. The molecule has 1 aliphatic rings. The summed E-state index contributed by atoms with van der Waals surface area (Å²) in [4.78, 5) is 38.8. The van der Waals surface area contributed by atoms with Gasteiger partial charge in [0.1, 0.15) is 24.3 Å². The highest BCUT2D eigenvalue weighted by Gasteiger charge is 2.36. The molecule has 0 spiro atoms. The smallest absolute Gasteiger partial charge is 0.408 e. The number of carbonyl (C=O) groups excluding carboxylic acids is 3. The maximum atomic E-state index is 12.9. The van der Waals surface area contributed by atoms with E-state index in [-0.39, 0.29) is 13.0 Å². The molecule has 0 aromatic heterocycles. The third-order valence-electron chi connectivity index (χ3n) is 4.29. The molecule has 1 unspecified atom stereocenters. The average Bonchev–Trinajstić information content (AvgIpc) is 3.13. The first-order valence-electron chi connectivity index (χ1n) is 9.59. The van der Waals surface area contributed by atoms with Crippen molar-refractivity contribution in [3.63, 3.8) is 0 Å². The molecular weight excluding hydrogens is 374 g/mol. The summed E-state index contributed by atoms with van der Waals surface area (Å²) >= 11 is 0. The first-order valence-corrected chi connectivity index (χ1v) is 9.59. The van der Waals surface area contributed by atoms with E-state index in [0.29, 0.717) is 19.4 Å². The van der Waals surface area contributed by atoms with Crippen molar-refractivity contribution in [2.24, 2.45) is 0 Å². The summed E-state index contributed by atoms with van der Waals surface area (Å²) in [6.45, 7) is 5.57. The van der Waals surface area contributed by atoms with Crippen LogP contribution in [-0.2, 0) is 25.7 Å². The maximum Gasteiger partial charge on any atom is 0.408 e. The molecule has 0 bridgehead atoms. The Morgan fingerprint density at radius 2 is 1.97 bits per heavy atom. The Hall–Kier alpha value is -3.08. The number of carbonyl (C=O) groups is 3. The van der Waals surface area contributed by atoms with E-state index in [1.807, 2.05) is 30.3 Å². The van der Waals surface area contributed by atoms with Gasteiger partial charge < -0.3 is 19.7 Å². The Morgan fingerprint density at radius 3 is 2.59 bits per heavy atom. The zero-order valence-electron chi connectivity index (χ0n) is 17.0. The lowest BCUT2D eigenvalue weighted by molar-refractivity contribution is -0.148. The quantitative estimate of drug-likeness (QED) is 0.734. The van der Waals surface area contributed by atoms with Gasteiger partial charge in [0.2, 0.25) is 5.91 Å². The second-order valence-corrected chi connectivity index (χ2v) is 7.87. The van der Waals surface area contributed by atoms with E-state index in [9.17, 15) is 19.6 Å². The Kier molecular flexibility index (Phi) is 7.59. The van der Waals surface area contributed by atoms with E-state index >= 15 is 0 Å². The zero-order valence-corrected chi connectivity index (χ0v) is 17.0. The number of ether oxygens (including phenoxy) is 2. The fourth-order valence-corrected chi connectivity index (χ4v) is 2.98. The second-order valence-electron chi connectivity index (χ2n) is 7.87. The Balaban J connectivity index is 2.04. The van der Waals surface area contributed by atoms with E-state index in [4.69, 9.17) is 9.47 Å². The minimum Gasteiger partial charge on any atom is -0.461 e. The van der Waals surface area contributed by atoms with Crippen molar-refractivity contribution in [2.75, 3.05) is 6.54 Å². The first kappa shape index (κ1) is 22.2. The summed E-state index contributed by atoms with van der Waals surface area (Å²) in [5, 5.41) is 11.7. The number of nitrogens with one attached hydrogen (secondary N) is 1. The van der Waals surface area contributed by atoms with Gasteiger partial charge in [-0.2, -0.15) is 5.26 Å². The average molecular weight is 401 g/mol. The van der Waals surface area contributed by atoms with Gasteiger partial charge in [-0.1, -0.05) is 30.3 Å². The van der Waals surface area contributed by atoms with E-state index < -0.39 is 35.7 Å².